The molecule has 0 fully saturated rings. The minimum atomic E-state index is -3.94. The fourth-order valence-electron chi connectivity index (χ4n) is 4.30. The summed E-state index contributed by atoms with van der Waals surface area (Å²) in [6.07, 6.45) is 1.22. The second kappa shape index (κ2) is 14.6. The summed E-state index contributed by atoms with van der Waals surface area (Å²) in [6.45, 7) is 5.13. The van der Waals surface area contributed by atoms with Crippen LogP contribution in [0, 0.1) is 0 Å². The zero-order chi connectivity index (χ0) is 30.2. The Balaban J connectivity index is 2.11. The second-order valence-electron chi connectivity index (χ2n) is 9.80. The lowest BCUT2D eigenvalue weighted by Gasteiger charge is -2.34. The van der Waals surface area contributed by atoms with Gasteiger partial charge in [-0.25, -0.2) is 8.42 Å². The van der Waals surface area contributed by atoms with Crippen molar-refractivity contribution >= 4 is 50.7 Å². The predicted molar refractivity (Wildman–Crippen MR) is 164 cm³/mol. The van der Waals surface area contributed by atoms with Gasteiger partial charge >= 0.3 is 0 Å². The molecule has 2 amide bonds. The smallest absolute Gasteiger partial charge is 0.244 e. The van der Waals surface area contributed by atoms with Gasteiger partial charge in [0.25, 0.3) is 0 Å². The first-order valence-electron chi connectivity index (χ1n) is 13.2. The van der Waals surface area contributed by atoms with Gasteiger partial charge in [0, 0.05) is 29.1 Å². The number of rotatable bonds is 13. The van der Waals surface area contributed by atoms with E-state index in [9.17, 15) is 18.0 Å². The molecule has 8 nitrogen and oxygen atoms in total. The molecule has 0 saturated carbocycles. The van der Waals surface area contributed by atoms with E-state index in [2.05, 4.69) is 5.32 Å². The highest BCUT2D eigenvalue weighted by Crippen LogP contribution is 2.31. The Labute approximate surface area is 252 Å². The molecule has 0 aromatic heterocycles. The van der Waals surface area contributed by atoms with E-state index in [4.69, 9.17) is 27.9 Å². The number of halogens is 2. The van der Waals surface area contributed by atoms with E-state index >= 15 is 0 Å². The molecule has 41 heavy (non-hydrogen) atoms. The number of nitrogens with one attached hydrogen (secondary N) is 1. The lowest BCUT2D eigenvalue weighted by atomic mass is 10.0. The van der Waals surface area contributed by atoms with Crippen LogP contribution in [-0.4, -0.2) is 56.6 Å². The van der Waals surface area contributed by atoms with Crippen molar-refractivity contribution in [1.82, 2.24) is 10.2 Å². The molecule has 11 heteroatoms. The highest BCUT2D eigenvalue weighted by atomic mass is 35.5. The number of anilines is 1. The third-order valence-electron chi connectivity index (χ3n) is 6.17. The monoisotopic (exact) mass is 619 g/mol. The first-order chi connectivity index (χ1) is 19.4. The van der Waals surface area contributed by atoms with Crippen molar-refractivity contribution in [3.8, 4) is 5.75 Å². The minimum absolute atomic E-state index is 0.0530. The minimum Gasteiger partial charge on any atom is -0.492 e. The maximum absolute atomic E-state index is 14.2. The van der Waals surface area contributed by atoms with Crippen LogP contribution in [0.3, 0.4) is 0 Å². The van der Waals surface area contributed by atoms with Crippen LogP contribution in [-0.2, 0) is 32.6 Å². The Morgan fingerprint density at radius 3 is 2.24 bits per heavy atom. The molecule has 0 unspecified atom stereocenters. The van der Waals surface area contributed by atoms with Gasteiger partial charge in [-0.1, -0.05) is 71.7 Å². The summed E-state index contributed by atoms with van der Waals surface area (Å²) in [5, 5.41) is 3.65. The van der Waals surface area contributed by atoms with Crippen LogP contribution in [0.15, 0.2) is 72.8 Å². The van der Waals surface area contributed by atoms with E-state index in [1.807, 2.05) is 44.2 Å². The fourth-order valence-corrected chi connectivity index (χ4v) is 5.62. The molecule has 3 aromatic rings. The van der Waals surface area contributed by atoms with Crippen molar-refractivity contribution in [3.63, 3.8) is 0 Å². The number of hydrogen-bond donors (Lipinski definition) is 1. The number of carbonyl (C=O) groups excluding carboxylic acids is 2. The zero-order valence-corrected chi connectivity index (χ0v) is 25.8. The normalized spacial score (nSPS) is 12.1. The zero-order valence-electron chi connectivity index (χ0n) is 23.5. The van der Waals surface area contributed by atoms with Crippen LogP contribution < -0.4 is 14.4 Å². The average molecular weight is 621 g/mol. The lowest BCUT2D eigenvalue weighted by molar-refractivity contribution is -0.140. The van der Waals surface area contributed by atoms with Gasteiger partial charge in [0.2, 0.25) is 21.8 Å². The van der Waals surface area contributed by atoms with Crippen molar-refractivity contribution in [1.29, 1.82) is 0 Å². The lowest BCUT2D eigenvalue weighted by Crippen LogP contribution is -2.54. The number of hydrogen-bond acceptors (Lipinski definition) is 5. The molecule has 0 radical (unpaired) electrons. The van der Waals surface area contributed by atoms with E-state index in [0.717, 1.165) is 16.1 Å². The third-order valence-corrected chi connectivity index (χ3v) is 7.88. The predicted octanol–water partition coefficient (Wildman–Crippen LogP) is 5.32. The first-order valence-corrected chi connectivity index (χ1v) is 15.8. The van der Waals surface area contributed by atoms with Gasteiger partial charge < -0.3 is 15.0 Å². The summed E-state index contributed by atoms with van der Waals surface area (Å²) in [7, 11) is -3.94. The Morgan fingerprint density at radius 1 is 0.976 bits per heavy atom. The van der Waals surface area contributed by atoms with Crippen LogP contribution in [0.2, 0.25) is 10.0 Å². The van der Waals surface area contributed by atoms with Crippen molar-refractivity contribution in [2.24, 2.45) is 0 Å². The van der Waals surface area contributed by atoms with Crippen LogP contribution in [0.5, 0.6) is 5.75 Å². The number of nitrogens with zero attached hydrogens (tertiary/aromatic N) is 2. The number of para-hydroxylation sites is 2. The molecule has 3 rings (SSSR count). The van der Waals surface area contributed by atoms with E-state index in [0.29, 0.717) is 28.0 Å². The van der Waals surface area contributed by atoms with Crippen molar-refractivity contribution in [2.45, 2.75) is 45.8 Å². The second-order valence-corrected chi connectivity index (χ2v) is 12.5. The number of sulfonamides is 1. The molecule has 3 aromatic carbocycles. The molecule has 0 spiro atoms. The number of benzene rings is 3. The van der Waals surface area contributed by atoms with E-state index in [-0.39, 0.29) is 30.6 Å². The standard InChI is InChI=1S/C30H35Cl2N3O5S/c1-5-40-28-14-10-9-13-26(28)35(41(4,38)39)20-29(36)34(19-23-15-16-24(31)18-25(23)32)27(30(37)33-21(2)3)17-22-11-7-6-8-12-22/h6-16,18,21,27H,5,17,19-20H2,1-4H3,(H,33,37)/t27-/m1/s1. The first kappa shape index (κ1) is 32.2. The van der Waals surface area contributed by atoms with E-state index in [1.165, 1.54) is 4.90 Å². The molecule has 0 aliphatic heterocycles. The summed E-state index contributed by atoms with van der Waals surface area (Å²) < 4.78 is 32.7. The number of carbonyl (C=O) groups is 2. The quantitative estimate of drug-likeness (QED) is 0.279. The van der Waals surface area contributed by atoms with Gasteiger partial charge in [-0.2, -0.15) is 0 Å². The summed E-state index contributed by atoms with van der Waals surface area (Å²) in [5.74, 6) is -0.644. The molecule has 0 aliphatic rings. The van der Waals surface area contributed by atoms with Crippen LogP contribution >= 0.6 is 23.2 Å². The molecule has 0 aliphatic carbocycles. The van der Waals surface area contributed by atoms with E-state index in [1.54, 1.807) is 49.4 Å². The van der Waals surface area contributed by atoms with E-state index < -0.39 is 28.5 Å². The van der Waals surface area contributed by atoms with Crippen LogP contribution in [0.25, 0.3) is 0 Å². The number of ether oxygens (including phenoxy) is 1. The Kier molecular flexibility index (Phi) is 11.5. The Morgan fingerprint density at radius 2 is 1.63 bits per heavy atom. The average Bonchev–Trinajstić information content (AvgIpc) is 2.90. The molecule has 0 bridgehead atoms. The summed E-state index contributed by atoms with van der Waals surface area (Å²) >= 11 is 12.6. The third kappa shape index (κ3) is 9.11. The van der Waals surface area contributed by atoms with Crippen LogP contribution in [0.1, 0.15) is 31.9 Å². The van der Waals surface area contributed by atoms with Crippen molar-refractivity contribution in [2.75, 3.05) is 23.7 Å². The van der Waals surface area contributed by atoms with Gasteiger partial charge in [-0.15, -0.1) is 0 Å². The highest BCUT2D eigenvalue weighted by molar-refractivity contribution is 7.92. The Hall–Kier alpha value is -3.27. The van der Waals surface area contributed by atoms with Gasteiger partial charge in [-0.05, 0) is 56.2 Å². The topological polar surface area (TPSA) is 96.0 Å². The summed E-state index contributed by atoms with van der Waals surface area (Å²) in [5.41, 5.74) is 1.61. The molecule has 0 saturated heterocycles. The number of amides is 2. The SMILES string of the molecule is CCOc1ccccc1N(CC(=O)N(Cc1ccc(Cl)cc1Cl)[C@H](Cc1ccccc1)C(=O)NC(C)C)S(C)(=O)=O. The van der Waals surface area contributed by atoms with Crippen LogP contribution in [0.4, 0.5) is 5.69 Å². The van der Waals surface area contributed by atoms with Gasteiger partial charge in [0.1, 0.15) is 18.3 Å². The van der Waals surface area contributed by atoms with Crippen molar-refractivity contribution in [3.05, 3.63) is 94.0 Å². The largest absolute Gasteiger partial charge is 0.492 e. The molecule has 220 valence electrons. The van der Waals surface area contributed by atoms with Gasteiger partial charge in [0.15, 0.2) is 0 Å². The fraction of sp³-hybridized carbons (Fsp3) is 0.333. The summed E-state index contributed by atoms with van der Waals surface area (Å²) in [4.78, 5) is 29.2. The van der Waals surface area contributed by atoms with Crippen molar-refractivity contribution < 1.29 is 22.7 Å². The molecular formula is C30H35Cl2N3O5S. The van der Waals surface area contributed by atoms with Gasteiger partial charge in [-0.3, -0.25) is 13.9 Å². The molecule has 1 atom stereocenters. The maximum Gasteiger partial charge on any atom is 0.244 e. The highest BCUT2D eigenvalue weighted by Gasteiger charge is 2.34. The Bertz CT molecular complexity index is 1450. The molecular weight excluding hydrogens is 585 g/mol. The molecule has 0 heterocycles. The summed E-state index contributed by atoms with van der Waals surface area (Å²) in [6, 6.07) is 19.6. The van der Waals surface area contributed by atoms with Gasteiger partial charge in [0.05, 0.1) is 18.6 Å². The molecule has 1 N–H and O–H groups in total. The maximum atomic E-state index is 14.2.